The van der Waals surface area contributed by atoms with Gasteiger partial charge in [-0.3, -0.25) is 9.69 Å². The zero-order valence-electron chi connectivity index (χ0n) is 16.4. The van der Waals surface area contributed by atoms with Gasteiger partial charge in [0.05, 0.1) is 12.3 Å². The summed E-state index contributed by atoms with van der Waals surface area (Å²) in [5.41, 5.74) is 0.183. The molecule has 1 unspecified atom stereocenters. The van der Waals surface area contributed by atoms with E-state index in [1.807, 2.05) is 0 Å². The van der Waals surface area contributed by atoms with E-state index in [1.165, 1.54) is 28.6 Å². The lowest BCUT2D eigenvalue weighted by Gasteiger charge is -2.37. The van der Waals surface area contributed by atoms with Gasteiger partial charge in [-0.1, -0.05) is 12.1 Å². The van der Waals surface area contributed by atoms with Crippen molar-refractivity contribution in [3.63, 3.8) is 0 Å². The van der Waals surface area contributed by atoms with Crippen LogP contribution in [-0.2, 0) is 16.6 Å². The first-order valence-electron chi connectivity index (χ1n) is 9.04. The molecule has 1 aromatic heterocycles. The van der Waals surface area contributed by atoms with Gasteiger partial charge < -0.3 is 15.5 Å². The molecule has 0 radical (unpaired) electrons. The number of nitrogens with one attached hydrogen (secondary N) is 1. The second-order valence-electron chi connectivity index (χ2n) is 7.03. The molecule has 30 heavy (non-hydrogen) atoms. The molecule has 1 atom stereocenters. The molecular weight excluding hydrogens is 417 g/mol. The number of benzene rings is 1. The molecule has 3 rings (SSSR count). The van der Waals surface area contributed by atoms with Crippen LogP contribution in [-0.4, -0.2) is 76.6 Å². The van der Waals surface area contributed by atoms with E-state index in [4.69, 9.17) is 0 Å². The van der Waals surface area contributed by atoms with Gasteiger partial charge in [-0.25, -0.2) is 17.8 Å². The van der Waals surface area contributed by atoms with E-state index in [0.29, 0.717) is 18.7 Å². The number of nitrogens with zero attached hydrogens (tertiary/aromatic N) is 4. The number of hydrogen-bond donors (Lipinski definition) is 3. The lowest BCUT2D eigenvalue weighted by Crippen LogP contribution is -2.49. The number of halogens is 1. The number of piperazine rings is 1. The highest BCUT2D eigenvalue weighted by atomic mass is 32.2. The first-order chi connectivity index (χ1) is 14.1. The van der Waals surface area contributed by atoms with Crippen molar-refractivity contribution in [3.05, 3.63) is 47.2 Å². The summed E-state index contributed by atoms with van der Waals surface area (Å²) >= 11 is 0. The summed E-state index contributed by atoms with van der Waals surface area (Å²) < 4.78 is 38.0. The Labute approximate surface area is 173 Å². The Morgan fingerprint density at radius 3 is 2.53 bits per heavy atom. The molecule has 1 amide bonds. The van der Waals surface area contributed by atoms with Crippen molar-refractivity contribution in [1.82, 2.24) is 24.5 Å². The zero-order valence-corrected chi connectivity index (χ0v) is 17.2. The normalized spacial score (nSPS) is 18.3. The number of aromatic nitrogens is 2. The summed E-state index contributed by atoms with van der Waals surface area (Å²) in [6.07, 6.45) is 1.10. The highest BCUT2D eigenvalue weighted by molar-refractivity contribution is 7.88. The van der Waals surface area contributed by atoms with Crippen molar-refractivity contribution >= 4 is 15.9 Å². The summed E-state index contributed by atoms with van der Waals surface area (Å²) in [5.74, 6) is -2.74. The van der Waals surface area contributed by atoms with Gasteiger partial charge in [0.1, 0.15) is 5.82 Å². The van der Waals surface area contributed by atoms with E-state index < -0.39 is 45.1 Å². The Bertz CT molecular complexity index is 1050. The van der Waals surface area contributed by atoms with Crippen LogP contribution in [0.5, 0.6) is 11.6 Å². The van der Waals surface area contributed by atoms with Crippen LogP contribution in [0.1, 0.15) is 27.9 Å². The maximum atomic E-state index is 13.0. The molecule has 162 valence electrons. The lowest BCUT2D eigenvalue weighted by molar-refractivity contribution is 0.0938. The maximum Gasteiger partial charge on any atom is 0.274 e. The Hall–Kier alpha value is -2.83. The third-order valence-electron chi connectivity index (χ3n) is 4.84. The summed E-state index contributed by atoms with van der Waals surface area (Å²) in [4.78, 5) is 22.3. The van der Waals surface area contributed by atoms with Crippen LogP contribution in [0.25, 0.3) is 0 Å². The standard InChI is InChI=1S/C18H22FN5O5S/c1-23-7-8-24(30(2,28)29)10-13(23)16-21-14(15(25)18(27)22-16)17(26)20-9-11-3-5-12(19)6-4-11/h3-6,13,25H,7-10H2,1-2H3,(H,20,26)(H,21,22,27). The topological polar surface area (TPSA) is 136 Å². The Balaban J connectivity index is 1.84. The minimum Gasteiger partial charge on any atom is -0.501 e. The van der Waals surface area contributed by atoms with Crippen molar-refractivity contribution in [2.24, 2.45) is 0 Å². The van der Waals surface area contributed by atoms with Crippen molar-refractivity contribution < 1.29 is 27.8 Å². The number of sulfonamides is 1. The summed E-state index contributed by atoms with van der Waals surface area (Å²) in [6, 6.07) is 4.87. The van der Waals surface area contributed by atoms with Gasteiger partial charge in [-0.05, 0) is 24.7 Å². The van der Waals surface area contributed by atoms with Crippen molar-refractivity contribution in [2.75, 3.05) is 32.9 Å². The molecule has 10 nitrogen and oxygen atoms in total. The molecule has 2 heterocycles. The number of amides is 1. The molecule has 1 aliphatic heterocycles. The molecule has 1 saturated heterocycles. The predicted octanol–water partition coefficient (Wildman–Crippen LogP) is 0.205. The quantitative estimate of drug-likeness (QED) is 0.601. The molecular formula is C18H22FN5O5S. The smallest absolute Gasteiger partial charge is 0.274 e. The zero-order chi connectivity index (χ0) is 22.1. The van der Waals surface area contributed by atoms with Crippen LogP contribution in [0.3, 0.4) is 0 Å². The molecule has 2 aromatic rings. The first-order valence-corrected chi connectivity index (χ1v) is 10.9. The summed E-state index contributed by atoms with van der Waals surface area (Å²) in [7, 11) is -1.70. The molecule has 1 aliphatic rings. The van der Waals surface area contributed by atoms with Gasteiger partial charge in [0.25, 0.3) is 11.8 Å². The number of carbonyl (C=O) groups excluding carboxylic acids is 1. The van der Waals surface area contributed by atoms with Crippen LogP contribution < -0.4 is 5.32 Å². The molecule has 0 spiro atoms. The molecule has 3 N–H and O–H groups in total. The first kappa shape index (κ1) is 21.9. The third kappa shape index (κ3) is 4.83. The van der Waals surface area contributed by atoms with Crippen molar-refractivity contribution in [2.45, 2.75) is 12.6 Å². The second kappa shape index (κ2) is 8.50. The Morgan fingerprint density at radius 1 is 1.23 bits per heavy atom. The largest absolute Gasteiger partial charge is 0.501 e. The van der Waals surface area contributed by atoms with Gasteiger partial charge in [0.2, 0.25) is 15.8 Å². The average molecular weight is 439 g/mol. The number of hydrogen-bond acceptors (Lipinski definition) is 8. The fourth-order valence-corrected chi connectivity index (χ4v) is 3.89. The average Bonchev–Trinajstić information content (AvgIpc) is 2.68. The molecule has 12 heteroatoms. The predicted molar refractivity (Wildman–Crippen MR) is 105 cm³/mol. The minimum atomic E-state index is -3.44. The highest BCUT2D eigenvalue weighted by Crippen LogP contribution is 2.30. The summed E-state index contributed by atoms with van der Waals surface area (Å²) in [6.45, 7) is 0.774. The van der Waals surface area contributed by atoms with Gasteiger partial charge in [0.15, 0.2) is 11.5 Å². The van der Waals surface area contributed by atoms with Crippen LogP contribution in [0.15, 0.2) is 24.3 Å². The van der Waals surface area contributed by atoms with E-state index in [-0.39, 0.29) is 18.9 Å². The number of carbonyl (C=O) groups is 1. The molecule has 0 aliphatic carbocycles. The molecule has 1 fully saturated rings. The van der Waals surface area contributed by atoms with Gasteiger partial charge in [-0.2, -0.15) is 9.29 Å². The van der Waals surface area contributed by atoms with E-state index >= 15 is 0 Å². The van der Waals surface area contributed by atoms with E-state index in [1.54, 1.807) is 11.9 Å². The van der Waals surface area contributed by atoms with Crippen LogP contribution in [0.4, 0.5) is 4.39 Å². The van der Waals surface area contributed by atoms with E-state index in [0.717, 1.165) is 6.26 Å². The number of rotatable bonds is 5. The van der Waals surface area contributed by atoms with Gasteiger partial charge in [-0.15, -0.1) is 0 Å². The monoisotopic (exact) mass is 439 g/mol. The number of likely N-dealkylation sites (N-methyl/N-ethyl adjacent to an activating group) is 1. The van der Waals surface area contributed by atoms with Crippen molar-refractivity contribution in [1.29, 1.82) is 0 Å². The van der Waals surface area contributed by atoms with Crippen LogP contribution >= 0.6 is 0 Å². The third-order valence-corrected chi connectivity index (χ3v) is 6.11. The maximum absolute atomic E-state index is 13.0. The molecule has 1 aromatic carbocycles. The summed E-state index contributed by atoms with van der Waals surface area (Å²) in [5, 5.41) is 22.6. The SMILES string of the molecule is CN1CCN(S(C)(=O)=O)CC1c1nc(O)c(O)c(C(=O)NCc2ccc(F)cc2)n1. The second-order valence-corrected chi connectivity index (χ2v) is 9.01. The molecule has 0 saturated carbocycles. The fraction of sp³-hybridized carbons (Fsp3) is 0.389. The Kier molecular flexibility index (Phi) is 6.19. The van der Waals surface area contributed by atoms with Crippen LogP contribution in [0.2, 0.25) is 0 Å². The van der Waals surface area contributed by atoms with Gasteiger partial charge in [0, 0.05) is 26.2 Å². The highest BCUT2D eigenvalue weighted by Gasteiger charge is 2.33. The van der Waals surface area contributed by atoms with Crippen LogP contribution in [0, 0.1) is 5.82 Å². The fourth-order valence-electron chi connectivity index (χ4n) is 3.06. The van der Waals surface area contributed by atoms with Crippen molar-refractivity contribution in [3.8, 4) is 11.6 Å². The lowest BCUT2D eigenvalue weighted by atomic mass is 10.2. The van der Waals surface area contributed by atoms with E-state index in [9.17, 15) is 27.8 Å². The van der Waals surface area contributed by atoms with Gasteiger partial charge >= 0.3 is 0 Å². The minimum absolute atomic E-state index is 0.00748. The molecule has 0 bridgehead atoms. The van der Waals surface area contributed by atoms with E-state index in [2.05, 4.69) is 15.3 Å². The number of aromatic hydroxyl groups is 2. The Morgan fingerprint density at radius 2 is 1.90 bits per heavy atom.